The summed E-state index contributed by atoms with van der Waals surface area (Å²) in [6.45, 7) is 2.27. The highest BCUT2D eigenvalue weighted by molar-refractivity contribution is 6.30. The van der Waals surface area contributed by atoms with E-state index < -0.39 is 0 Å². The monoisotopic (exact) mass is 372 g/mol. The highest BCUT2D eigenvalue weighted by Gasteiger charge is 2.20. The number of benzene rings is 2. The molecule has 0 radical (unpaired) electrons. The molecule has 0 amide bonds. The van der Waals surface area contributed by atoms with Gasteiger partial charge in [0, 0.05) is 5.02 Å². The van der Waals surface area contributed by atoms with Crippen LogP contribution in [0, 0.1) is 11.8 Å². The Morgan fingerprint density at radius 3 is 2.08 bits per heavy atom. The summed E-state index contributed by atoms with van der Waals surface area (Å²) in [6.07, 6.45) is 13.3. The molecule has 1 aliphatic carbocycles. The minimum Gasteiger partial charge on any atom is -0.0843 e. The van der Waals surface area contributed by atoms with Gasteiger partial charge in [0.25, 0.3) is 0 Å². The minimum atomic E-state index is -0.179. The summed E-state index contributed by atoms with van der Waals surface area (Å²) in [5.74, 6) is 1.79. The van der Waals surface area contributed by atoms with E-state index in [9.17, 15) is 0 Å². The second-order valence-electron chi connectivity index (χ2n) is 7.81. The number of unbranched alkanes of at least 4 members (excludes halogenated alkanes) is 2. The smallest absolute Gasteiger partial charge is 0.0639 e. The van der Waals surface area contributed by atoms with Crippen molar-refractivity contribution in [3.63, 3.8) is 0 Å². The Morgan fingerprint density at radius 1 is 0.846 bits per heavy atom. The maximum Gasteiger partial charge on any atom is 0.0639 e. The van der Waals surface area contributed by atoms with Crippen LogP contribution >= 0.6 is 11.6 Å². The molecule has 0 nitrogen and oxygen atoms in total. The zero-order chi connectivity index (χ0) is 21.7. The SMILES string of the molecule is [2H]c1c([2H])c(-c2ccc(CCC3CCC(CCCCC)CC3)cc2)c([2H])c([2H])c1Cl. The van der Waals surface area contributed by atoms with Gasteiger partial charge in [-0.25, -0.2) is 0 Å². The summed E-state index contributed by atoms with van der Waals surface area (Å²) in [7, 11) is 0. The lowest BCUT2D eigenvalue weighted by Gasteiger charge is -2.28. The van der Waals surface area contributed by atoms with E-state index >= 15 is 0 Å². The molecule has 0 unspecified atom stereocenters. The Labute approximate surface area is 170 Å². The molecule has 2 aromatic carbocycles. The molecule has 26 heavy (non-hydrogen) atoms. The van der Waals surface area contributed by atoms with E-state index in [0.717, 1.165) is 18.3 Å². The minimum absolute atomic E-state index is 0.0792. The van der Waals surface area contributed by atoms with Crippen molar-refractivity contribution in [3.05, 3.63) is 59.0 Å². The number of rotatable bonds is 8. The van der Waals surface area contributed by atoms with Crippen molar-refractivity contribution in [1.29, 1.82) is 0 Å². The van der Waals surface area contributed by atoms with E-state index in [2.05, 4.69) is 19.1 Å². The van der Waals surface area contributed by atoms with Crippen LogP contribution in [0.1, 0.15) is 75.8 Å². The van der Waals surface area contributed by atoms with Crippen LogP contribution in [0.5, 0.6) is 0 Å². The quantitative estimate of drug-likeness (QED) is 0.408. The molecule has 0 aromatic heterocycles. The summed E-state index contributed by atoms with van der Waals surface area (Å²) in [6, 6.07) is 7.44. The van der Waals surface area contributed by atoms with Gasteiger partial charge in [0.2, 0.25) is 0 Å². The van der Waals surface area contributed by atoms with Gasteiger partial charge in [-0.3, -0.25) is 0 Å². The first-order valence-electron chi connectivity index (χ1n) is 12.3. The van der Waals surface area contributed by atoms with E-state index in [1.165, 1.54) is 63.4 Å². The lowest BCUT2D eigenvalue weighted by atomic mass is 9.78. The van der Waals surface area contributed by atoms with Crippen LogP contribution in [0.4, 0.5) is 0 Å². The molecule has 1 saturated carbocycles. The van der Waals surface area contributed by atoms with E-state index in [-0.39, 0.29) is 29.2 Å². The molecule has 3 rings (SSSR count). The first-order valence-corrected chi connectivity index (χ1v) is 10.6. The van der Waals surface area contributed by atoms with Crippen LogP contribution in [0.25, 0.3) is 11.1 Å². The van der Waals surface area contributed by atoms with Crippen molar-refractivity contribution in [2.24, 2.45) is 11.8 Å². The van der Waals surface area contributed by atoms with Gasteiger partial charge >= 0.3 is 0 Å². The summed E-state index contributed by atoms with van der Waals surface area (Å²) < 4.78 is 32.2. The highest BCUT2D eigenvalue weighted by atomic mass is 35.5. The summed E-state index contributed by atoms with van der Waals surface area (Å²) in [4.78, 5) is 0. The van der Waals surface area contributed by atoms with Crippen molar-refractivity contribution in [1.82, 2.24) is 0 Å². The second-order valence-corrected chi connectivity index (χ2v) is 8.19. The zero-order valence-corrected chi connectivity index (χ0v) is 16.7. The predicted octanol–water partition coefficient (Wildman–Crippen LogP) is 8.33. The Kier molecular flexibility index (Phi) is 5.77. The van der Waals surface area contributed by atoms with Crippen molar-refractivity contribution in [2.75, 3.05) is 0 Å². The van der Waals surface area contributed by atoms with Crippen LogP contribution in [-0.2, 0) is 6.42 Å². The molecular formula is C25H33Cl. The average Bonchev–Trinajstić information content (AvgIpc) is 2.77. The predicted molar refractivity (Wildman–Crippen MR) is 115 cm³/mol. The van der Waals surface area contributed by atoms with Gasteiger partial charge in [-0.15, -0.1) is 0 Å². The molecule has 0 bridgehead atoms. The van der Waals surface area contributed by atoms with E-state index in [4.69, 9.17) is 17.1 Å². The largest absolute Gasteiger partial charge is 0.0843 e. The van der Waals surface area contributed by atoms with Gasteiger partial charge in [-0.05, 0) is 53.5 Å². The van der Waals surface area contributed by atoms with Gasteiger partial charge in [-0.2, -0.15) is 0 Å². The summed E-state index contributed by atoms with van der Waals surface area (Å²) in [5, 5.41) is -0.120. The molecule has 1 aliphatic rings. The fourth-order valence-corrected chi connectivity index (χ4v) is 4.24. The fraction of sp³-hybridized carbons (Fsp3) is 0.520. The normalized spacial score (nSPS) is 22.4. The zero-order valence-electron chi connectivity index (χ0n) is 19.9. The van der Waals surface area contributed by atoms with Gasteiger partial charge in [-0.1, -0.05) is 106 Å². The molecule has 0 atom stereocenters. The van der Waals surface area contributed by atoms with Gasteiger partial charge in [0.1, 0.15) is 0 Å². The van der Waals surface area contributed by atoms with Crippen molar-refractivity contribution in [2.45, 2.75) is 71.1 Å². The highest BCUT2D eigenvalue weighted by Crippen LogP contribution is 2.34. The molecule has 0 spiro atoms. The Balaban J connectivity index is 1.57. The molecule has 1 fully saturated rings. The molecule has 2 aromatic rings. The van der Waals surface area contributed by atoms with E-state index in [0.29, 0.717) is 11.1 Å². The van der Waals surface area contributed by atoms with Crippen LogP contribution in [-0.4, -0.2) is 0 Å². The van der Waals surface area contributed by atoms with Crippen molar-refractivity contribution >= 4 is 11.6 Å². The topological polar surface area (TPSA) is 0 Å². The third-order valence-electron chi connectivity index (χ3n) is 5.86. The van der Waals surface area contributed by atoms with Crippen LogP contribution in [0.3, 0.4) is 0 Å². The maximum atomic E-state index is 8.17. The van der Waals surface area contributed by atoms with Crippen LogP contribution in [0.2, 0.25) is 5.02 Å². The van der Waals surface area contributed by atoms with Crippen LogP contribution < -0.4 is 0 Å². The van der Waals surface area contributed by atoms with Gasteiger partial charge in [0.05, 0.1) is 5.48 Å². The molecule has 0 aliphatic heterocycles. The first kappa shape index (κ1) is 14.7. The lowest BCUT2D eigenvalue weighted by Crippen LogP contribution is -2.15. The Morgan fingerprint density at radius 2 is 1.46 bits per heavy atom. The molecule has 0 saturated heterocycles. The number of halogens is 1. The van der Waals surface area contributed by atoms with Crippen molar-refractivity contribution < 1.29 is 5.48 Å². The summed E-state index contributed by atoms with van der Waals surface area (Å²) in [5.41, 5.74) is 2.30. The first-order chi connectivity index (χ1) is 14.4. The molecule has 1 heteroatoms. The van der Waals surface area contributed by atoms with Gasteiger partial charge in [0.15, 0.2) is 0 Å². The standard InChI is InChI=1S/C25H33Cl/c1-2-3-4-5-20-6-8-21(9-7-20)10-11-22-12-14-23(15-13-22)24-16-18-25(26)19-17-24/h12-21H,2-11H2,1H3/i16D,17D,18D,19D. The molecule has 0 N–H and O–H groups in total. The van der Waals surface area contributed by atoms with E-state index in [1.807, 2.05) is 12.1 Å². The Bertz CT molecular complexity index is 810. The molecular weight excluding hydrogens is 336 g/mol. The van der Waals surface area contributed by atoms with Crippen molar-refractivity contribution in [3.8, 4) is 11.1 Å². The summed E-state index contributed by atoms with van der Waals surface area (Å²) >= 11 is 5.91. The van der Waals surface area contributed by atoms with Gasteiger partial charge < -0.3 is 0 Å². The average molecular weight is 373 g/mol. The number of hydrogen-bond donors (Lipinski definition) is 0. The lowest BCUT2D eigenvalue weighted by molar-refractivity contribution is 0.249. The second kappa shape index (κ2) is 10.2. The Hall–Kier alpha value is -1.27. The van der Waals surface area contributed by atoms with E-state index in [1.54, 1.807) is 0 Å². The van der Waals surface area contributed by atoms with Crippen LogP contribution in [0.15, 0.2) is 48.4 Å². The number of hydrogen-bond acceptors (Lipinski definition) is 0. The molecule has 0 heterocycles. The molecule has 140 valence electrons. The third kappa shape index (κ3) is 5.88. The third-order valence-corrected chi connectivity index (χ3v) is 6.05. The number of aryl methyl sites for hydroxylation is 1. The maximum absolute atomic E-state index is 8.17. The fourth-order valence-electron chi connectivity index (χ4n) is 4.14.